The molecule has 1 atom stereocenters. The minimum atomic E-state index is -0.911. The number of hydrogen-bond donors (Lipinski definition) is 1. The Bertz CT molecular complexity index is 1760. The van der Waals surface area contributed by atoms with Crippen LogP contribution in [0.4, 0.5) is 10.1 Å². The van der Waals surface area contributed by atoms with Crippen molar-refractivity contribution in [1.82, 2.24) is 10.2 Å². The van der Waals surface area contributed by atoms with Crippen molar-refractivity contribution in [3.63, 3.8) is 0 Å². The number of morpholine rings is 1. The normalized spacial score (nSPS) is 13.8. The summed E-state index contributed by atoms with van der Waals surface area (Å²) in [5.41, 5.74) is 3.91. The third kappa shape index (κ3) is 9.43. The van der Waals surface area contributed by atoms with E-state index in [1.54, 1.807) is 17.0 Å². The minimum Gasteiger partial charge on any atom is -0.492 e. The molecule has 50 heavy (non-hydrogen) atoms. The molecule has 0 aliphatic carbocycles. The molecule has 0 aromatic heterocycles. The predicted molar refractivity (Wildman–Crippen MR) is 194 cm³/mol. The zero-order chi connectivity index (χ0) is 34.5. The molecule has 256 valence electrons. The lowest BCUT2D eigenvalue weighted by atomic mass is 9.90. The number of rotatable bonds is 14. The van der Waals surface area contributed by atoms with Gasteiger partial charge in [-0.2, -0.15) is 0 Å². The van der Waals surface area contributed by atoms with Crippen molar-refractivity contribution in [2.75, 3.05) is 44.4 Å². The Morgan fingerprint density at radius 2 is 1.38 bits per heavy atom. The molecule has 5 aromatic carbocycles. The summed E-state index contributed by atoms with van der Waals surface area (Å²) >= 11 is 0. The summed E-state index contributed by atoms with van der Waals surface area (Å²) in [7, 11) is 0. The Kier molecular flexibility index (Phi) is 12.0. The van der Waals surface area contributed by atoms with Gasteiger partial charge >= 0.3 is 0 Å². The van der Waals surface area contributed by atoms with Crippen LogP contribution in [0.5, 0.6) is 5.75 Å². The number of nitrogens with zero attached hydrogens (tertiary/aromatic N) is 2. The van der Waals surface area contributed by atoms with Gasteiger partial charge < -0.3 is 19.7 Å². The van der Waals surface area contributed by atoms with Crippen LogP contribution in [-0.2, 0) is 27.3 Å². The van der Waals surface area contributed by atoms with Crippen LogP contribution in [0.25, 0.3) is 0 Å². The van der Waals surface area contributed by atoms with Gasteiger partial charge in [-0.05, 0) is 46.5 Å². The lowest BCUT2D eigenvalue weighted by molar-refractivity contribution is -0.128. The van der Waals surface area contributed by atoms with Gasteiger partial charge in [-0.1, -0.05) is 109 Å². The number of hydrogen-bond acceptors (Lipinski definition) is 5. The van der Waals surface area contributed by atoms with Gasteiger partial charge in [-0.3, -0.25) is 14.5 Å². The lowest BCUT2D eigenvalue weighted by Crippen LogP contribution is -2.51. The Labute approximate surface area is 293 Å². The summed E-state index contributed by atoms with van der Waals surface area (Å²) in [6, 6.07) is 41.5. The number of carbonyl (C=O) groups is 2. The van der Waals surface area contributed by atoms with Crippen molar-refractivity contribution in [2.45, 2.75) is 24.9 Å². The van der Waals surface area contributed by atoms with Crippen molar-refractivity contribution in [2.24, 2.45) is 0 Å². The molecular weight excluding hydrogens is 629 g/mol. The zero-order valence-corrected chi connectivity index (χ0v) is 28.0. The van der Waals surface area contributed by atoms with Gasteiger partial charge in [0, 0.05) is 37.8 Å². The molecule has 1 N–H and O–H groups in total. The maximum absolute atomic E-state index is 14.9. The first-order valence-electron chi connectivity index (χ1n) is 17.1. The monoisotopic (exact) mass is 671 g/mol. The largest absolute Gasteiger partial charge is 0.492 e. The van der Waals surface area contributed by atoms with Crippen molar-refractivity contribution in [3.05, 3.63) is 168 Å². The van der Waals surface area contributed by atoms with Gasteiger partial charge in [0.1, 0.15) is 24.2 Å². The van der Waals surface area contributed by atoms with E-state index < -0.39 is 12.0 Å². The first-order valence-corrected chi connectivity index (χ1v) is 17.1. The van der Waals surface area contributed by atoms with E-state index in [0.29, 0.717) is 31.3 Å². The summed E-state index contributed by atoms with van der Waals surface area (Å²) in [6.07, 6.45) is 0.275. The van der Waals surface area contributed by atoms with Gasteiger partial charge in [0.25, 0.3) is 0 Å². The first kappa shape index (κ1) is 34.5. The molecule has 0 spiro atoms. The fourth-order valence-electron chi connectivity index (χ4n) is 6.21. The number of carbonyl (C=O) groups excluding carboxylic acids is 2. The highest BCUT2D eigenvalue weighted by Gasteiger charge is 2.31. The van der Waals surface area contributed by atoms with Crippen LogP contribution in [-0.4, -0.2) is 62.2 Å². The molecule has 1 aliphatic heterocycles. The lowest BCUT2D eigenvalue weighted by Gasteiger charge is -2.30. The minimum absolute atomic E-state index is 0.165. The first-order chi connectivity index (χ1) is 24.5. The number of benzene rings is 5. The van der Waals surface area contributed by atoms with Crippen LogP contribution in [0.1, 0.15) is 28.2 Å². The second kappa shape index (κ2) is 17.4. The zero-order valence-electron chi connectivity index (χ0n) is 28.0. The average Bonchev–Trinajstić information content (AvgIpc) is 3.16. The molecule has 0 bridgehead atoms. The van der Waals surface area contributed by atoms with Gasteiger partial charge in [-0.15, -0.1) is 0 Å². The average molecular weight is 672 g/mol. The quantitative estimate of drug-likeness (QED) is 0.144. The van der Waals surface area contributed by atoms with E-state index in [9.17, 15) is 14.0 Å². The standard InChI is InChI=1S/C42H42FN3O4/c43-36-21-19-33(20-22-36)31-46(37-17-10-18-38(30-37)50-28-25-45-23-26-49-27-24-45)42(48)39(29-32-11-4-1-5-12-32)44-41(47)40(34-13-6-2-7-14-34)35-15-8-3-9-16-35/h1-22,30,39-40H,23-29,31H2,(H,44,47)/t39-/m0/s1. The van der Waals surface area contributed by atoms with Crippen molar-refractivity contribution in [1.29, 1.82) is 0 Å². The number of amides is 2. The van der Waals surface area contributed by atoms with E-state index >= 15 is 0 Å². The van der Waals surface area contributed by atoms with E-state index in [0.717, 1.165) is 41.9 Å². The molecule has 2 amide bonds. The highest BCUT2D eigenvalue weighted by atomic mass is 19.1. The molecule has 1 saturated heterocycles. The number of anilines is 1. The fourth-order valence-corrected chi connectivity index (χ4v) is 6.21. The number of ether oxygens (including phenoxy) is 2. The molecule has 6 rings (SSSR count). The molecule has 1 fully saturated rings. The number of nitrogens with one attached hydrogen (secondary N) is 1. The van der Waals surface area contributed by atoms with Gasteiger partial charge in [0.15, 0.2) is 0 Å². The molecule has 0 unspecified atom stereocenters. The smallest absolute Gasteiger partial charge is 0.250 e. The summed E-state index contributed by atoms with van der Waals surface area (Å²) in [5, 5.41) is 3.16. The van der Waals surface area contributed by atoms with Crippen LogP contribution >= 0.6 is 0 Å². The van der Waals surface area contributed by atoms with Crippen LogP contribution in [0, 0.1) is 5.82 Å². The number of halogens is 1. The van der Waals surface area contributed by atoms with Crippen LogP contribution < -0.4 is 15.0 Å². The van der Waals surface area contributed by atoms with Crippen molar-refractivity contribution in [3.8, 4) is 5.75 Å². The molecule has 0 saturated carbocycles. The molecule has 1 aliphatic rings. The summed E-state index contributed by atoms with van der Waals surface area (Å²) in [4.78, 5) is 33.2. The van der Waals surface area contributed by atoms with Gasteiger partial charge in [-0.25, -0.2) is 4.39 Å². The molecule has 5 aromatic rings. The molecular formula is C42H42FN3O4. The topological polar surface area (TPSA) is 71.1 Å². The summed E-state index contributed by atoms with van der Waals surface area (Å²) in [5.74, 6) is -0.929. The molecule has 1 heterocycles. The molecule has 0 radical (unpaired) electrons. The van der Waals surface area contributed by atoms with Crippen LogP contribution in [0.15, 0.2) is 140 Å². The third-order valence-electron chi connectivity index (χ3n) is 8.85. The highest BCUT2D eigenvalue weighted by molar-refractivity contribution is 6.00. The summed E-state index contributed by atoms with van der Waals surface area (Å²) < 4.78 is 25.5. The Morgan fingerprint density at radius 1 is 0.760 bits per heavy atom. The van der Waals surface area contributed by atoms with E-state index in [1.807, 2.05) is 115 Å². The van der Waals surface area contributed by atoms with E-state index in [4.69, 9.17) is 9.47 Å². The summed E-state index contributed by atoms with van der Waals surface area (Å²) in [6.45, 7) is 4.59. The van der Waals surface area contributed by atoms with Gasteiger partial charge in [0.2, 0.25) is 11.8 Å². The Morgan fingerprint density at radius 3 is 2.02 bits per heavy atom. The maximum Gasteiger partial charge on any atom is 0.250 e. The van der Waals surface area contributed by atoms with Crippen LogP contribution in [0.3, 0.4) is 0 Å². The molecule has 7 nitrogen and oxygen atoms in total. The van der Waals surface area contributed by atoms with Crippen LogP contribution in [0.2, 0.25) is 0 Å². The van der Waals surface area contributed by atoms with Crippen molar-refractivity contribution < 1.29 is 23.5 Å². The predicted octanol–water partition coefficient (Wildman–Crippen LogP) is 6.63. The fraction of sp³-hybridized carbons (Fsp3) is 0.238. The second-order valence-corrected chi connectivity index (χ2v) is 12.4. The third-order valence-corrected chi connectivity index (χ3v) is 8.85. The Hall–Kier alpha value is -5.31. The SMILES string of the molecule is O=C(N[C@@H](Cc1ccccc1)C(=O)N(Cc1ccc(F)cc1)c1cccc(OCCN2CCOCC2)c1)C(c1ccccc1)c1ccccc1. The van der Waals surface area contributed by atoms with E-state index in [1.165, 1.54) is 12.1 Å². The van der Waals surface area contributed by atoms with E-state index in [2.05, 4.69) is 10.2 Å². The Balaban J connectivity index is 1.31. The second-order valence-electron chi connectivity index (χ2n) is 12.4. The highest BCUT2D eigenvalue weighted by Crippen LogP contribution is 2.27. The maximum atomic E-state index is 14.9. The van der Waals surface area contributed by atoms with E-state index in [-0.39, 0.29) is 30.6 Å². The van der Waals surface area contributed by atoms with Gasteiger partial charge in [0.05, 0.1) is 25.7 Å². The van der Waals surface area contributed by atoms with Crippen molar-refractivity contribution >= 4 is 17.5 Å². The molecule has 8 heteroatoms.